The van der Waals surface area contributed by atoms with E-state index < -0.39 is 0 Å². The highest BCUT2D eigenvalue weighted by Crippen LogP contribution is 2.31. The van der Waals surface area contributed by atoms with Gasteiger partial charge in [-0.05, 0) is 91.0 Å². The van der Waals surface area contributed by atoms with Crippen molar-refractivity contribution in [1.82, 2.24) is 19.4 Å². The van der Waals surface area contributed by atoms with E-state index in [2.05, 4.69) is 42.8 Å². The SMILES string of the molecule is Cn1c(=O)c(-c2c(Cl)cccc2I)cc2cnc(Nc3ccc(OCCN4CCCCC4)cc3)nc21. The molecule has 4 aromatic rings. The Balaban J connectivity index is 1.30. The van der Waals surface area contributed by atoms with Crippen LogP contribution in [0.3, 0.4) is 0 Å². The van der Waals surface area contributed by atoms with Gasteiger partial charge in [-0.2, -0.15) is 4.98 Å². The van der Waals surface area contributed by atoms with E-state index in [1.54, 1.807) is 25.4 Å². The number of hydrogen-bond acceptors (Lipinski definition) is 6. The van der Waals surface area contributed by atoms with Gasteiger partial charge >= 0.3 is 0 Å². The molecule has 1 fully saturated rings. The number of likely N-dealkylation sites (tertiary alicyclic amines) is 1. The highest BCUT2D eigenvalue weighted by atomic mass is 127. The zero-order valence-corrected chi connectivity index (χ0v) is 22.9. The van der Waals surface area contributed by atoms with Crippen molar-refractivity contribution in [3.8, 4) is 16.9 Å². The van der Waals surface area contributed by atoms with Crippen molar-refractivity contribution in [3.63, 3.8) is 0 Å². The van der Waals surface area contributed by atoms with Gasteiger partial charge in [0.25, 0.3) is 5.56 Å². The summed E-state index contributed by atoms with van der Waals surface area (Å²) in [6.07, 6.45) is 5.63. The zero-order valence-electron chi connectivity index (χ0n) is 20.0. The number of aromatic nitrogens is 3. The van der Waals surface area contributed by atoms with E-state index in [9.17, 15) is 4.79 Å². The molecule has 5 rings (SSSR count). The lowest BCUT2D eigenvalue weighted by Crippen LogP contribution is -2.33. The van der Waals surface area contributed by atoms with Crippen molar-refractivity contribution in [2.75, 3.05) is 31.6 Å². The highest BCUT2D eigenvalue weighted by molar-refractivity contribution is 14.1. The number of hydrogen-bond donors (Lipinski definition) is 1. The first-order valence-corrected chi connectivity index (χ1v) is 13.5. The molecule has 1 N–H and O–H groups in total. The van der Waals surface area contributed by atoms with Crippen molar-refractivity contribution in [2.45, 2.75) is 19.3 Å². The molecule has 0 atom stereocenters. The largest absolute Gasteiger partial charge is 0.492 e. The van der Waals surface area contributed by atoms with Crippen LogP contribution in [0.1, 0.15) is 19.3 Å². The molecule has 36 heavy (non-hydrogen) atoms. The number of halogens is 2. The quantitative estimate of drug-likeness (QED) is 0.263. The summed E-state index contributed by atoms with van der Waals surface area (Å²) >= 11 is 8.62. The first-order chi connectivity index (χ1) is 17.5. The maximum absolute atomic E-state index is 13.2. The van der Waals surface area contributed by atoms with Crippen molar-refractivity contribution in [1.29, 1.82) is 0 Å². The second-order valence-electron chi connectivity index (χ2n) is 8.89. The van der Waals surface area contributed by atoms with Gasteiger partial charge in [0.2, 0.25) is 5.95 Å². The molecular formula is C27H27ClIN5O2. The molecule has 2 aromatic heterocycles. The average molecular weight is 616 g/mol. The first-order valence-electron chi connectivity index (χ1n) is 12.0. The molecule has 0 radical (unpaired) electrons. The number of nitrogens with zero attached hydrogens (tertiary/aromatic N) is 4. The predicted octanol–water partition coefficient (Wildman–Crippen LogP) is 5.86. The first kappa shape index (κ1) is 25.0. The van der Waals surface area contributed by atoms with Gasteiger partial charge < -0.3 is 10.1 Å². The second-order valence-corrected chi connectivity index (χ2v) is 10.5. The van der Waals surface area contributed by atoms with Crippen LogP contribution in [0.5, 0.6) is 5.75 Å². The maximum atomic E-state index is 13.2. The summed E-state index contributed by atoms with van der Waals surface area (Å²) in [5, 5.41) is 4.51. The minimum atomic E-state index is -0.163. The van der Waals surface area contributed by atoms with Gasteiger partial charge in [-0.25, -0.2) is 4.98 Å². The maximum Gasteiger partial charge on any atom is 0.259 e. The molecule has 0 bridgehead atoms. The number of ether oxygens (including phenoxy) is 1. The van der Waals surface area contributed by atoms with Crippen molar-refractivity contribution in [3.05, 3.63) is 73.7 Å². The van der Waals surface area contributed by atoms with Crippen LogP contribution in [0.15, 0.2) is 59.5 Å². The molecular weight excluding hydrogens is 589 g/mol. The minimum Gasteiger partial charge on any atom is -0.492 e. The van der Waals surface area contributed by atoms with E-state index in [4.69, 9.17) is 16.3 Å². The van der Waals surface area contributed by atoms with Crippen LogP contribution in [-0.4, -0.2) is 45.7 Å². The Morgan fingerprint density at radius 2 is 1.89 bits per heavy atom. The Bertz CT molecular complexity index is 1410. The third-order valence-corrected chi connectivity index (χ3v) is 7.63. The normalized spacial score (nSPS) is 14.2. The Kier molecular flexibility index (Phi) is 7.73. The molecule has 0 spiro atoms. The molecule has 1 aliphatic heterocycles. The third-order valence-electron chi connectivity index (χ3n) is 6.42. The summed E-state index contributed by atoms with van der Waals surface area (Å²) < 4.78 is 8.37. The van der Waals surface area contributed by atoms with Crippen LogP contribution >= 0.6 is 34.2 Å². The fraction of sp³-hybridized carbons (Fsp3) is 0.296. The lowest BCUT2D eigenvalue weighted by atomic mass is 10.1. The van der Waals surface area contributed by atoms with Crippen LogP contribution in [0.25, 0.3) is 22.2 Å². The number of pyridine rings is 1. The van der Waals surface area contributed by atoms with Gasteiger partial charge in [0.1, 0.15) is 18.0 Å². The van der Waals surface area contributed by atoms with Crippen LogP contribution in [0.2, 0.25) is 5.02 Å². The van der Waals surface area contributed by atoms with Crippen LogP contribution < -0.4 is 15.6 Å². The smallest absolute Gasteiger partial charge is 0.259 e. The molecule has 0 amide bonds. The number of benzene rings is 2. The zero-order chi connectivity index (χ0) is 25.1. The van der Waals surface area contributed by atoms with E-state index in [1.165, 1.54) is 36.9 Å². The summed E-state index contributed by atoms with van der Waals surface area (Å²) in [7, 11) is 1.71. The highest BCUT2D eigenvalue weighted by Gasteiger charge is 2.16. The average Bonchev–Trinajstić information content (AvgIpc) is 2.89. The molecule has 7 nitrogen and oxygen atoms in total. The van der Waals surface area contributed by atoms with E-state index >= 15 is 0 Å². The van der Waals surface area contributed by atoms with Crippen LogP contribution in [0, 0.1) is 3.57 Å². The summed E-state index contributed by atoms with van der Waals surface area (Å²) in [4.78, 5) is 24.7. The molecule has 186 valence electrons. The Hall–Kier alpha value is -2.69. The summed E-state index contributed by atoms with van der Waals surface area (Å²) in [5.41, 5.74) is 2.47. The summed E-state index contributed by atoms with van der Waals surface area (Å²) in [5.74, 6) is 1.25. The van der Waals surface area contributed by atoms with Crippen LogP contribution in [-0.2, 0) is 7.05 Å². The van der Waals surface area contributed by atoms with Crippen LogP contribution in [0.4, 0.5) is 11.6 Å². The Morgan fingerprint density at radius 3 is 2.64 bits per heavy atom. The minimum absolute atomic E-state index is 0.163. The van der Waals surface area contributed by atoms with Crippen molar-refractivity contribution >= 4 is 56.9 Å². The number of aryl methyl sites for hydroxylation is 1. The molecule has 2 aromatic carbocycles. The van der Waals surface area contributed by atoms with E-state index in [0.717, 1.165) is 32.5 Å². The van der Waals surface area contributed by atoms with Gasteiger partial charge in [0.15, 0.2) is 0 Å². The number of nitrogens with one attached hydrogen (secondary N) is 1. The van der Waals surface area contributed by atoms with E-state index in [-0.39, 0.29) is 5.56 Å². The predicted molar refractivity (Wildman–Crippen MR) is 153 cm³/mol. The third kappa shape index (κ3) is 5.50. The Labute approximate surface area is 228 Å². The topological polar surface area (TPSA) is 72.3 Å². The van der Waals surface area contributed by atoms with Crippen molar-refractivity contribution < 1.29 is 4.74 Å². The van der Waals surface area contributed by atoms with Gasteiger partial charge in [0.05, 0.1) is 5.56 Å². The summed E-state index contributed by atoms with van der Waals surface area (Å²) in [6, 6.07) is 15.1. The molecule has 1 aliphatic rings. The Morgan fingerprint density at radius 1 is 1.11 bits per heavy atom. The molecule has 0 unspecified atom stereocenters. The fourth-order valence-electron chi connectivity index (χ4n) is 4.48. The standard InChI is InChI=1S/C27H27ClIN5O2/c1-33-25-18(16-21(26(33)35)24-22(28)6-5-7-23(24)29)17-30-27(32-25)31-19-8-10-20(11-9-19)36-15-14-34-12-3-2-4-13-34/h5-11,16-17H,2-4,12-15H2,1H3,(H,30,31,32). The van der Waals surface area contributed by atoms with Crippen molar-refractivity contribution in [2.24, 2.45) is 7.05 Å². The lowest BCUT2D eigenvalue weighted by molar-refractivity contribution is 0.183. The van der Waals surface area contributed by atoms with Gasteiger partial charge in [-0.15, -0.1) is 0 Å². The number of fused-ring (bicyclic) bond motifs is 1. The number of piperidine rings is 1. The monoisotopic (exact) mass is 615 g/mol. The molecule has 3 heterocycles. The van der Waals surface area contributed by atoms with E-state index in [1.807, 2.05) is 36.4 Å². The molecule has 9 heteroatoms. The van der Waals surface area contributed by atoms with Gasteiger partial charge in [-0.3, -0.25) is 14.3 Å². The fourth-order valence-corrected chi connectivity index (χ4v) is 5.70. The molecule has 1 saturated heterocycles. The number of rotatable bonds is 7. The van der Waals surface area contributed by atoms with E-state index in [0.29, 0.717) is 28.8 Å². The summed E-state index contributed by atoms with van der Waals surface area (Å²) in [6.45, 7) is 3.99. The van der Waals surface area contributed by atoms with Gasteiger partial charge in [-0.1, -0.05) is 24.1 Å². The number of anilines is 2. The molecule has 0 saturated carbocycles. The van der Waals surface area contributed by atoms with Gasteiger partial charge in [0, 0.05) is 45.0 Å². The lowest BCUT2D eigenvalue weighted by Gasteiger charge is -2.26. The second kappa shape index (κ2) is 11.1. The molecule has 0 aliphatic carbocycles.